The third-order valence-electron chi connectivity index (χ3n) is 4.38. The Kier molecular flexibility index (Phi) is 6.36. The van der Waals surface area contributed by atoms with E-state index < -0.39 is 0 Å². The van der Waals surface area contributed by atoms with Gasteiger partial charge in [-0.1, -0.05) is 6.07 Å². The molecule has 1 aliphatic rings. The Bertz CT molecular complexity index is 783. The average molecular weight is 369 g/mol. The first-order valence-corrected chi connectivity index (χ1v) is 9.29. The highest BCUT2D eigenvalue weighted by atomic mass is 16.5. The molecular weight excluding hydrogens is 342 g/mol. The fourth-order valence-corrected chi connectivity index (χ4v) is 3.16. The van der Waals surface area contributed by atoms with Crippen molar-refractivity contribution in [2.24, 2.45) is 0 Å². The minimum absolute atomic E-state index is 0.183. The number of amides is 1. The second-order valence-corrected chi connectivity index (χ2v) is 6.93. The molecule has 0 atom stereocenters. The van der Waals surface area contributed by atoms with Gasteiger partial charge in [0.1, 0.15) is 5.69 Å². The molecule has 1 fully saturated rings. The number of anilines is 2. The molecule has 27 heavy (non-hydrogen) atoms. The molecule has 0 bridgehead atoms. The highest BCUT2D eigenvalue weighted by Gasteiger charge is 2.13. The van der Waals surface area contributed by atoms with Crippen molar-refractivity contribution in [2.45, 2.75) is 20.8 Å². The van der Waals surface area contributed by atoms with E-state index in [2.05, 4.69) is 31.6 Å². The molecule has 3 rings (SSSR count). The van der Waals surface area contributed by atoms with Crippen LogP contribution in [0.3, 0.4) is 0 Å². The lowest BCUT2D eigenvalue weighted by Gasteiger charge is -2.26. The largest absolute Gasteiger partial charge is 0.379 e. The fraction of sp³-hybridized carbons (Fsp3) is 0.450. The zero-order chi connectivity index (χ0) is 19.2. The van der Waals surface area contributed by atoms with Gasteiger partial charge in [-0.25, -0.2) is 9.97 Å². The van der Waals surface area contributed by atoms with Gasteiger partial charge in [-0.15, -0.1) is 0 Å². The summed E-state index contributed by atoms with van der Waals surface area (Å²) in [5, 5.41) is 6.15. The van der Waals surface area contributed by atoms with E-state index in [1.54, 1.807) is 6.07 Å². The molecule has 144 valence electrons. The van der Waals surface area contributed by atoms with Crippen LogP contribution < -0.4 is 10.6 Å². The molecule has 1 amide bonds. The Hall–Kier alpha value is -2.51. The van der Waals surface area contributed by atoms with Crippen molar-refractivity contribution in [3.8, 4) is 0 Å². The lowest BCUT2D eigenvalue weighted by Crippen LogP contribution is -2.41. The van der Waals surface area contributed by atoms with Crippen molar-refractivity contribution in [3.63, 3.8) is 0 Å². The van der Waals surface area contributed by atoms with E-state index in [0.29, 0.717) is 18.2 Å². The maximum absolute atomic E-state index is 12.5. The number of rotatable bonds is 6. The van der Waals surface area contributed by atoms with Gasteiger partial charge in [-0.05, 0) is 50.1 Å². The van der Waals surface area contributed by atoms with Gasteiger partial charge in [0.25, 0.3) is 5.91 Å². The van der Waals surface area contributed by atoms with E-state index in [9.17, 15) is 4.79 Å². The summed E-state index contributed by atoms with van der Waals surface area (Å²) in [6.07, 6.45) is 0. The molecule has 2 heterocycles. The summed E-state index contributed by atoms with van der Waals surface area (Å²) in [7, 11) is 0. The number of hydrogen-bond acceptors (Lipinski definition) is 6. The number of nitrogens with one attached hydrogen (secondary N) is 2. The molecule has 0 saturated carbocycles. The van der Waals surface area contributed by atoms with Gasteiger partial charge >= 0.3 is 0 Å². The van der Waals surface area contributed by atoms with Crippen molar-refractivity contribution >= 4 is 17.5 Å². The zero-order valence-corrected chi connectivity index (χ0v) is 16.2. The second kappa shape index (κ2) is 8.92. The molecule has 2 N–H and O–H groups in total. The van der Waals surface area contributed by atoms with Crippen molar-refractivity contribution in [1.82, 2.24) is 20.2 Å². The molecular formula is C20H27N5O2. The van der Waals surface area contributed by atoms with Crippen LogP contribution >= 0.6 is 0 Å². The maximum Gasteiger partial charge on any atom is 0.270 e. The molecule has 7 heteroatoms. The summed E-state index contributed by atoms with van der Waals surface area (Å²) in [4.78, 5) is 23.5. The number of nitrogens with zero attached hydrogens (tertiary/aromatic N) is 3. The average Bonchev–Trinajstić information content (AvgIpc) is 2.61. The highest BCUT2D eigenvalue weighted by molar-refractivity contribution is 5.92. The number of hydrogen-bond donors (Lipinski definition) is 2. The molecule has 1 aromatic carbocycles. The van der Waals surface area contributed by atoms with Gasteiger partial charge in [0.2, 0.25) is 5.95 Å². The molecule has 0 unspecified atom stereocenters. The van der Waals surface area contributed by atoms with Crippen LogP contribution in [0.2, 0.25) is 0 Å². The summed E-state index contributed by atoms with van der Waals surface area (Å²) < 4.78 is 5.33. The normalized spacial score (nSPS) is 14.8. The standard InChI is InChI=1S/C20H27N5O2/c1-14-10-15(2)12-17(11-14)23-20-22-16(3)13-18(24-20)19(26)21-4-5-25-6-8-27-9-7-25/h10-13H,4-9H2,1-3H3,(H,21,26)(H,22,23,24). The summed E-state index contributed by atoms with van der Waals surface area (Å²) in [6, 6.07) is 7.87. The Balaban J connectivity index is 1.62. The number of aromatic nitrogens is 2. The first-order valence-electron chi connectivity index (χ1n) is 9.29. The Morgan fingerprint density at radius 3 is 2.48 bits per heavy atom. The van der Waals surface area contributed by atoms with Gasteiger partial charge in [0.05, 0.1) is 13.2 Å². The number of benzene rings is 1. The van der Waals surface area contributed by atoms with E-state index >= 15 is 0 Å². The van der Waals surface area contributed by atoms with Crippen LogP contribution in [0.4, 0.5) is 11.6 Å². The van der Waals surface area contributed by atoms with Crippen LogP contribution in [0.5, 0.6) is 0 Å². The van der Waals surface area contributed by atoms with E-state index in [4.69, 9.17) is 4.74 Å². The van der Waals surface area contributed by atoms with Crippen LogP contribution in [0.1, 0.15) is 27.3 Å². The summed E-state index contributed by atoms with van der Waals surface area (Å²) in [6.45, 7) is 10.7. The lowest BCUT2D eigenvalue weighted by molar-refractivity contribution is 0.0383. The first-order chi connectivity index (χ1) is 13.0. The smallest absolute Gasteiger partial charge is 0.270 e. The molecule has 7 nitrogen and oxygen atoms in total. The lowest BCUT2D eigenvalue weighted by atomic mass is 10.1. The van der Waals surface area contributed by atoms with Crippen LogP contribution in [-0.2, 0) is 4.74 Å². The molecule has 2 aromatic rings. The van der Waals surface area contributed by atoms with Crippen molar-refractivity contribution in [2.75, 3.05) is 44.7 Å². The fourth-order valence-electron chi connectivity index (χ4n) is 3.16. The zero-order valence-electron chi connectivity index (χ0n) is 16.2. The minimum atomic E-state index is -0.183. The van der Waals surface area contributed by atoms with Gasteiger partial charge in [0.15, 0.2) is 0 Å². The van der Waals surface area contributed by atoms with Crippen molar-refractivity contribution in [3.05, 3.63) is 46.8 Å². The van der Waals surface area contributed by atoms with Crippen LogP contribution in [0.15, 0.2) is 24.3 Å². The predicted molar refractivity (Wildman–Crippen MR) is 106 cm³/mol. The third kappa shape index (κ3) is 5.74. The van der Waals surface area contributed by atoms with Gasteiger partial charge < -0.3 is 15.4 Å². The summed E-state index contributed by atoms with van der Waals surface area (Å²) in [5.74, 6) is 0.246. The molecule has 0 aliphatic carbocycles. The Morgan fingerprint density at radius 2 is 1.78 bits per heavy atom. The van der Waals surface area contributed by atoms with Gasteiger partial charge in [-0.2, -0.15) is 0 Å². The van der Waals surface area contributed by atoms with Crippen LogP contribution in [0, 0.1) is 20.8 Å². The molecule has 0 radical (unpaired) electrons. The van der Waals surface area contributed by atoms with E-state index in [1.807, 2.05) is 32.9 Å². The Morgan fingerprint density at radius 1 is 1.07 bits per heavy atom. The van der Waals surface area contributed by atoms with Gasteiger partial charge in [0, 0.05) is 37.6 Å². The summed E-state index contributed by atoms with van der Waals surface area (Å²) >= 11 is 0. The topological polar surface area (TPSA) is 79.4 Å². The van der Waals surface area contributed by atoms with E-state index in [-0.39, 0.29) is 5.91 Å². The maximum atomic E-state index is 12.5. The number of carbonyl (C=O) groups is 1. The van der Waals surface area contributed by atoms with E-state index in [0.717, 1.165) is 55.4 Å². The predicted octanol–water partition coefficient (Wildman–Crippen LogP) is 2.21. The number of ether oxygens (including phenoxy) is 1. The summed E-state index contributed by atoms with van der Waals surface area (Å²) in [5.41, 5.74) is 4.35. The highest BCUT2D eigenvalue weighted by Crippen LogP contribution is 2.17. The molecule has 0 spiro atoms. The minimum Gasteiger partial charge on any atom is -0.379 e. The molecule has 1 aromatic heterocycles. The SMILES string of the molecule is Cc1cc(C)cc(Nc2nc(C)cc(C(=O)NCCN3CCOCC3)n2)c1. The number of carbonyl (C=O) groups excluding carboxylic acids is 1. The van der Waals surface area contributed by atoms with Gasteiger partial charge in [-0.3, -0.25) is 9.69 Å². The number of morpholine rings is 1. The van der Waals surface area contributed by atoms with E-state index in [1.165, 1.54) is 0 Å². The number of aryl methyl sites for hydroxylation is 3. The first kappa shape index (κ1) is 19.3. The van der Waals surface area contributed by atoms with Crippen LogP contribution in [-0.4, -0.2) is 60.2 Å². The van der Waals surface area contributed by atoms with Crippen molar-refractivity contribution in [1.29, 1.82) is 0 Å². The van der Waals surface area contributed by atoms with Crippen molar-refractivity contribution < 1.29 is 9.53 Å². The molecule has 1 aliphatic heterocycles. The quantitative estimate of drug-likeness (QED) is 0.813. The molecule has 1 saturated heterocycles. The Labute approximate surface area is 160 Å². The third-order valence-corrected chi connectivity index (χ3v) is 4.38. The monoisotopic (exact) mass is 369 g/mol. The second-order valence-electron chi connectivity index (χ2n) is 6.93. The van der Waals surface area contributed by atoms with Crippen LogP contribution in [0.25, 0.3) is 0 Å².